The fraction of sp³-hybridized carbons (Fsp3) is 0.500. The summed E-state index contributed by atoms with van der Waals surface area (Å²) in [5.41, 5.74) is -0.348. The molecule has 0 saturated carbocycles. The van der Waals surface area contributed by atoms with Crippen LogP contribution in [0.15, 0.2) is 36.9 Å². The first kappa shape index (κ1) is 16.8. The van der Waals surface area contributed by atoms with E-state index in [1.54, 1.807) is 23.1 Å². The van der Waals surface area contributed by atoms with Gasteiger partial charge in [0, 0.05) is 8.07 Å². The van der Waals surface area contributed by atoms with Crippen LogP contribution >= 0.6 is 0 Å². The van der Waals surface area contributed by atoms with Crippen LogP contribution in [0.2, 0.25) is 25.7 Å². The van der Waals surface area contributed by atoms with E-state index in [1.165, 1.54) is 18.5 Å². The van der Waals surface area contributed by atoms with Crippen molar-refractivity contribution in [2.24, 2.45) is 0 Å². The van der Waals surface area contributed by atoms with E-state index in [4.69, 9.17) is 0 Å². The van der Waals surface area contributed by atoms with Gasteiger partial charge in [-0.05, 0) is 30.2 Å². The van der Waals surface area contributed by atoms with Crippen molar-refractivity contribution in [3.05, 3.63) is 48.3 Å². The highest BCUT2D eigenvalue weighted by atomic mass is 28.3. The molecule has 22 heavy (non-hydrogen) atoms. The predicted octanol–water partition coefficient (Wildman–Crippen LogP) is 3.59. The Hall–Kier alpha value is -1.53. The molecule has 0 aliphatic heterocycles. The molecule has 0 spiro atoms. The predicted molar refractivity (Wildman–Crippen MR) is 87.8 cm³/mol. The van der Waals surface area contributed by atoms with E-state index < -0.39 is 13.7 Å². The summed E-state index contributed by atoms with van der Waals surface area (Å²) < 4.78 is 15.0. The molecule has 0 aliphatic rings. The molecular formula is C16H24FN3OSi. The van der Waals surface area contributed by atoms with E-state index in [-0.39, 0.29) is 11.9 Å². The molecule has 0 radical (unpaired) electrons. The second kappa shape index (κ2) is 6.30. The third kappa shape index (κ3) is 3.62. The molecule has 1 aromatic carbocycles. The maximum atomic E-state index is 13.3. The summed E-state index contributed by atoms with van der Waals surface area (Å²) in [4.78, 5) is 4.00. The highest BCUT2D eigenvalue weighted by molar-refractivity contribution is 6.76. The van der Waals surface area contributed by atoms with E-state index in [0.29, 0.717) is 12.5 Å². The Labute approximate surface area is 132 Å². The Bertz CT molecular complexity index is 595. The topological polar surface area (TPSA) is 50.9 Å². The van der Waals surface area contributed by atoms with Gasteiger partial charge in [-0.3, -0.25) is 0 Å². The molecule has 0 bridgehead atoms. The summed E-state index contributed by atoms with van der Waals surface area (Å²) in [6.07, 6.45) is 3.82. The Morgan fingerprint density at radius 2 is 1.91 bits per heavy atom. The molecule has 2 unspecified atom stereocenters. The van der Waals surface area contributed by atoms with E-state index in [1.807, 2.05) is 6.92 Å². The Morgan fingerprint density at radius 1 is 1.27 bits per heavy atom. The van der Waals surface area contributed by atoms with Crippen molar-refractivity contribution in [3.8, 4) is 0 Å². The van der Waals surface area contributed by atoms with Crippen LogP contribution in [-0.2, 0) is 5.60 Å². The van der Waals surface area contributed by atoms with Crippen molar-refractivity contribution >= 4 is 8.07 Å². The summed E-state index contributed by atoms with van der Waals surface area (Å²) in [6, 6.07) is 6.60. The molecule has 0 fully saturated rings. The minimum atomic E-state index is -1.59. The molecule has 1 heterocycles. The summed E-state index contributed by atoms with van der Waals surface area (Å²) in [6.45, 7) is 8.67. The fourth-order valence-electron chi connectivity index (χ4n) is 3.08. The lowest BCUT2D eigenvalue weighted by molar-refractivity contribution is -0.00750. The molecule has 2 atom stereocenters. The fourth-order valence-corrected chi connectivity index (χ4v) is 5.14. The molecule has 120 valence electrons. The van der Waals surface area contributed by atoms with Crippen molar-refractivity contribution in [3.63, 3.8) is 0 Å². The van der Waals surface area contributed by atoms with Gasteiger partial charge in [-0.2, -0.15) is 5.10 Å². The summed E-state index contributed by atoms with van der Waals surface area (Å²) in [5.74, 6) is -0.298. The van der Waals surface area contributed by atoms with Gasteiger partial charge in [0.2, 0.25) is 0 Å². The summed E-state index contributed by atoms with van der Waals surface area (Å²) in [7, 11) is -1.59. The van der Waals surface area contributed by atoms with Gasteiger partial charge in [0.05, 0.1) is 6.04 Å². The van der Waals surface area contributed by atoms with Gasteiger partial charge in [0.15, 0.2) is 0 Å². The summed E-state index contributed by atoms with van der Waals surface area (Å²) in [5, 5.41) is 15.8. The average Bonchev–Trinajstić information content (AvgIpc) is 2.91. The first-order valence-electron chi connectivity index (χ1n) is 7.59. The highest BCUT2D eigenvalue weighted by Gasteiger charge is 2.42. The van der Waals surface area contributed by atoms with Gasteiger partial charge in [0.25, 0.3) is 0 Å². The second-order valence-electron chi connectivity index (χ2n) is 6.97. The number of hydrogen-bond donors (Lipinski definition) is 1. The third-order valence-electron chi connectivity index (χ3n) is 3.84. The lowest BCUT2D eigenvalue weighted by Crippen LogP contribution is -2.43. The zero-order valence-corrected chi connectivity index (χ0v) is 14.6. The van der Waals surface area contributed by atoms with Gasteiger partial charge >= 0.3 is 0 Å². The van der Waals surface area contributed by atoms with Crippen LogP contribution in [0.1, 0.15) is 24.9 Å². The van der Waals surface area contributed by atoms with E-state index >= 15 is 0 Å². The Balaban J connectivity index is 2.51. The smallest absolute Gasteiger partial charge is 0.137 e. The van der Waals surface area contributed by atoms with E-state index in [2.05, 4.69) is 29.7 Å². The van der Waals surface area contributed by atoms with E-state index in [0.717, 1.165) is 5.56 Å². The number of rotatable bonds is 6. The van der Waals surface area contributed by atoms with Gasteiger partial charge in [0.1, 0.15) is 24.1 Å². The highest BCUT2D eigenvalue weighted by Crippen LogP contribution is 2.41. The van der Waals surface area contributed by atoms with Crippen LogP contribution in [0.3, 0.4) is 0 Å². The maximum absolute atomic E-state index is 13.3. The van der Waals surface area contributed by atoms with Crippen LogP contribution in [0.5, 0.6) is 0 Å². The normalized spacial score (nSPS) is 16.3. The molecule has 0 saturated heterocycles. The lowest BCUT2D eigenvalue weighted by atomic mass is 9.86. The first-order valence-corrected chi connectivity index (χ1v) is 11.3. The SMILES string of the molecule is CCC(n1cncn1)C(O)(C[Si](C)(C)C)c1ccc(F)cc1. The number of hydrogen-bond acceptors (Lipinski definition) is 3. The molecule has 2 aromatic rings. The van der Waals surface area contributed by atoms with E-state index in [9.17, 15) is 9.50 Å². The number of benzene rings is 1. The number of nitrogens with zero attached hydrogens (tertiary/aromatic N) is 3. The first-order chi connectivity index (χ1) is 10.3. The van der Waals surface area contributed by atoms with Gasteiger partial charge in [-0.1, -0.05) is 38.7 Å². The largest absolute Gasteiger partial charge is 0.383 e. The van der Waals surface area contributed by atoms with Gasteiger partial charge < -0.3 is 5.11 Å². The average molecular weight is 321 g/mol. The van der Waals surface area contributed by atoms with Crippen molar-refractivity contribution in [1.29, 1.82) is 0 Å². The van der Waals surface area contributed by atoms with Crippen molar-refractivity contribution in [1.82, 2.24) is 14.8 Å². The second-order valence-corrected chi connectivity index (χ2v) is 12.4. The molecule has 4 nitrogen and oxygen atoms in total. The van der Waals surface area contributed by atoms with Crippen molar-refractivity contribution in [2.75, 3.05) is 0 Å². The molecule has 0 aliphatic carbocycles. The van der Waals surface area contributed by atoms with Crippen molar-refractivity contribution < 1.29 is 9.50 Å². The van der Waals surface area contributed by atoms with Gasteiger partial charge in [-0.25, -0.2) is 14.1 Å². The van der Waals surface area contributed by atoms with Crippen LogP contribution in [0.4, 0.5) is 4.39 Å². The van der Waals surface area contributed by atoms with Crippen molar-refractivity contribution in [2.45, 2.75) is 50.7 Å². The third-order valence-corrected chi connectivity index (χ3v) is 5.44. The summed E-state index contributed by atoms with van der Waals surface area (Å²) >= 11 is 0. The molecule has 2 rings (SSSR count). The number of halogens is 1. The quantitative estimate of drug-likeness (QED) is 0.827. The van der Waals surface area contributed by atoms with Gasteiger partial charge in [-0.15, -0.1) is 0 Å². The zero-order valence-electron chi connectivity index (χ0n) is 13.6. The molecule has 6 heteroatoms. The zero-order chi connectivity index (χ0) is 16.4. The molecule has 1 aromatic heterocycles. The van der Waals surface area contributed by atoms with Crippen LogP contribution in [0, 0.1) is 5.82 Å². The lowest BCUT2D eigenvalue weighted by Gasteiger charge is -2.40. The number of aromatic nitrogens is 3. The minimum Gasteiger partial charge on any atom is -0.383 e. The van der Waals surface area contributed by atoms with Crippen LogP contribution in [-0.4, -0.2) is 27.9 Å². The molecule has 1 N–H and O–H groups in total. The minimum absolute atomic E-state index is 0.229. The molecular weight excluding hydrogens is 297 g/mol. The maximum Gasteiger partial charge on any atom is 0.137 e. The van der Waals surface area contributed by atoms with Crippen LogP contribution in [0.25, 0.3) is 0 Å². The Morgan fingerprint density at radius 3 is 2.36 bits per heavy atom. The standard InChI is InChI=1S/C16H24FN3OSi/c1-5-15(20-12-18-11-19-20)16(21,10-22(2,3)4)13-6-8-14(17)9-7-13/h6-9,11-12,15,21H,5,10H2,1-4H3. The molecule has 0 amide bonds. The Kier molecular flexibility index (Phi) is 4.82. The van der Waals surface area contributed by atoms with Crippen LogP contribution < -0.4 is 0 Å². The monoisotopic (exact) mass is 321 g/mol. The number of aliphatic hydroxyl groups is 1.